The second-order valence-corrected chi connectivity index (χ2v) is 3.70. The van der Waals surface area contributed by atoms with Gasteiger partial charge in [-0.05, 0) is 13.3 Å². The first-order valence-electron chi connectivity index (χ1n) is 5.40. The van der Waals surface area contributed by atoms with E-state index in [2.05, 4.69) is 11.9 Å². The molecule has 6 nitrogen and oxygen atoms in total. The molecule has 1 atom stereocenters. The van der Waals surface area contributed by atoms with Crippen LogP contribution in [-0.2, 0) is 9.53 Å². The summed E-state index contributed by atoms with van der Waals surface area (Å²) in [4.78, 5) is 23.0. The van der Waals surface area contributed by atoms with Gasteiger partial charge in [0.2, 0.25) is 0 Å². The van der Waals surface area contributed by atoms with Gasteiger partial charge in [-0.3, -0.25) is 4.79 Å². The first-order chi connectivity index (χ1) is 7.97. The van der Waals surface area contributed by atoms with Gasteiger partial charge in [0.15, 0.2) is 0 Å². The lowest BCUT2D eigenvalue weighted by Crippen LogP contribution is -2.40. The minimum atomic E-state index is -1.06. The van der Waals surface area contributed by atoms with Crippen LogP contribution in [0.4, 0.5) is 4.79 Å². The zero-order chi connectivity index (χ0) is 13.3. The normalized spacial score (nSPS) is 11.6. The molecule has 0 spiro atoms. The van der Waals surface area contributed by atoms with Crippen molar-refractivity contribution in [2.75, 3.05) is 26.7 Å². The molecule has 0 aromatic heterocycles. The Hall–Kier alpha value is -1.56. The largest absolute Gasteiger partial charge is 0.480 e. The molecule has 0 saturated heterocycles. The fraction of sp³-hybridized carbons (Fsp3) is 0.636. The second-order valence-electron chi connectivity index (χ2n) is 3.70. The Bertz CT molecular complexity index is 268. The molecule has 0 unspecified atom stereocenters. The van der Waals surface area contributed by atoms with E-state index >= 15 is 0 Å². The number of aliphatic carboxylic acids is 1. The highest BCUT2D eigenvalue weighted by molar-refractivity contribution is 5.79. The zero-order valence-electron chi connectivity index (χ0n) is 10.3. The number of amides is 2. The molecule has 0 aromatic rings. The Morgan fingerprint density at radius 2 is 2.24 bits per heavy atom. The van der Waals surface area contributed by atoms with Crippen LogP contribution in [0.2, 0.25) is 0 Å². The van der Waals surface area contributed by atoms with Crippen LogP contribution in [0, 0.1) is 0 Å². The minimum absolute atomic E-state index is 0.0303. The van der Waals surface area contributed by atoms with E-state index in [1.165, 1.54) is 4.90 Å². The summed E-state index contributed by atoms with van der Waals surface area (Å²) in [7, 11) is 1.61. The number of ether oxygens (including phenoxy) is 1. The third-order valence-electron chi connectivity index (χ3n) is 2.11. The summed E-state index contributed by atoms with van der Waals surface area (Å²) in [6, 6.07) is -0.400. The molecule has 0 radical (unpaired) electrons. The standard InChI is InChI=1S/C11H20N2O4/c1-4-7-17-9(2)5-6-13(3)11(16)12-8-10(14)15/h4,9H,1,5-8H2,2-3H3,(H,12,16)(H,14,15)/t9-/m1/s1. The van der Waals surface area contributed by atoms with Crippen LogP contribution in [0.5, 0.6) is 0 Å². The molecule has 0 heterocycles. The van der Waals surface area contributed by atoms with Gasteiger partial charge in [0, 0.05) is 13.6 Å². The van der Waals surface area contributed by atoms with Gasteiger partial charge in [-0.15, -0.1) is 6.58 Å². The average molecular weight is 244 g/mol. The fourth-order valence-electron chi connectivity index (χ4n) is 1.08. The third-order valence-corrected chi connectivity index (χ3v) is 2.11. The van der Waals surface area contributed by atoms with Gasteiger partial charge < -0.3 is 20.1 Å². The van der Waals surface area contributed by atoms with E-state index in [0.717, 1.165) is 0 Å². The maximum Gasteiger partial charge on any atom is 0.323 e. The van der Waals surface area contributed by atoms with Crippen molar-refractivity contribution in [1.82, 2.24) is 10.2 Å². The average Bonchev–Trinajstić information content (AvgIpc) is 2.29. The molecular weight excluding hydrogens is 224 g/mol. The first-order valence-corrected chi connectivity index (χ1v) is 5.40. The number of carboxylic acids is 1. The molecule has 0 rings (SSSR count). The van der Waals surface area contributed by atoms with Gasteiger partial charge >= 0.3 is 12.0 Å². The first kappa shape index (κ1) is 15.4. The number of rotatable bonds is 8. The summed E-state index contributed by atoms with van der Waals surface area (Å²) < 4.78 is 5.35. The van der Waals surface area contributed by atoms with Gasteiger partial charge in [0.25, 0.3) is 0 Å². The monoisotopic (exact) mass is 244 g/mol. The number of nitrogens with one attached hydrogen (secondary N) is 1. The Morgan fingerprint density at radius 3 is 2.76 bits per heavy atom. The van der Waals surface area contributed by atoms with E-state index in [-0.39, 0.29) is 12.6 Å². The molecule has 0 aliphatic rings. The zero-order valence-corrected chi connectivity index (χ0v) is 10.3. The highest BCUT2D eigenvalue weighted by atomic mass is 16.5. The number of urea groups is 1. The van der Waals surface area contributed by atoms with Crippen LogP contribution in [0.3, 0.4) is 0 Å². The van der Waals surface area contributed by atoms with Crippen LogP contribution in [0.15, 0.2) is 12.7 Å². The van der Waals surface area contributed by atoms with Crippen LogP contribution in [0.1, 0.15) is 13.3 Å². The van der Waals surface area contributed by atoms with Crippen LogP contribution in [-0.4, -0.2) is 54.9 Å². The van der Waals surface area contributed by atoms with Crippen molar-refractivity contribution in [1.29, 1.82) is 0 Å². The van der Waals surface area contributed by atoms with Gasteiger partial charge in [-0.1, -0.05) is 6.08 Å². The number of nitrogens with zero attached hydrogens (tertiary/aromatic N) is 1. The summed E-state index contributed by atoms with van der Waals surface area (Å²) in [6.07, 6.45) is 2.38. The number of carboxylic acid groups (broad SMARTS) is 1. The van der Waals surface area contributed by atoms with E-state index in [4.69, 9.17) is 9.84 Å². The summed E-state index contributed by atoms with van der Waals surface area (Å²) in [5, 5.41) is 10.7. The van der Waals surface area contributed by atoms with Gasteiger partial charge in [-0.25, -0.2) is 4.79 Å². The van der Waals surface area contributed by atoms with Crippen molar-refractivity contribution in [2.24, 2.45) is 0 Å². The lowest BCUT2D eigenvalue weighted by atomic mass is 10.3. The molecule has 98 valence electrons. The Labute approximate surface area is 101 Å². The number of hydrogen-bond donors (Lipinski definition) is 2. The summed E-state index contributed by atoms with van der Waals surface area (Å²) in [5.74, 6) is -1.06. The topological polar surface area (TPSA) is 78.9 Å². The number of carbonyl (C=O) groups excluding carboxylic acids is 1. The molecule has 0 aliphatic carbocycles. The maximum atomic E-state index is 11.4. The van der Waals surface area contributed by atoms with Crippen molar-refractivity contribution < 1.29 is 19.4 Å². The number of carbonyl (C=O) groups is 2. The summed E-state index contributed by atoms with van der Waals surface area (Å²) >= 11 is 0. The lowest BCUT2D eigenvalue weighted by molar-refractivity contribution is -0.135. The Balaban J connectivity index is 3.76. The molecule has 17 heavy (non-hydrogen) atoms. The van der Waals surface area contributed by atoms with Crippen molar-refractivity contribution in [3.63, 3.8) is 0 Å². The van der Waals surface area contributed by atoms with Crippen LogP contribution >= 0.6 is 0 Å². The summed E-state index contributed by atoms with van der Waals surface area (Å²) in [6.45, 7) is 6.07. The fourth-order valence-corrected chi connectivity index (χ4v) is 1.08. The van der Waals surface area contributed by atoms with E-state index < -0.39 is 12.0 Å². The maximum absolute atomic E-state index is 11.4. The van der Waals surface area contributed by atoms with Gasteiger partial charge in [0.05, 0.1) is 12.7 Å². The Morgan fingerprint density at radius 1 is 1.59 bits per heavy atom. The lowest BCUT2D eigenvalue weighted by Gasteiger charge is -2.19. The van der Waals surface area contributed by atoms with E-state index in [9.17, 15) is 9.59 Å². The van der Waals surface area contributed by atoms with Crippen molar-refractivity contribution in [3.8, 4) is 0 Å². The second kappa shape index (κ2) is 8.58. The molecule has 0 bridgehead atoms. The molecule has 6 heteroatoms. The third kappa shape index (κ3) is 8.27. The molecular formula is C11H20N2O4. The highest BCUT2D eigenvalue weighted by Crippen LogP contribution is 1.99. The quantitative estimate of drug-likeness (QED) is 0.616. The van der Waals surface area contributed by atoms with Crippen molar-refractivity contribution in [3.05, 3.63) is 12.7 Å². The van der Waals surface area contributed by atoms with Crippen molar-refractivity contribution >= 4 is 12.0 Å². The summed E-state index contributed by atoms with van der Waals surface area (Å²) in [5.41, 5.74) is 0. The number of hydrogen-bond acceptors (Lipinski definition) is 3. The molecule has 2 N–H and O–H groups in total. The van der Waals surface area contributed by atoms with Gasteiger partial charge in [0.1, 0.15) is 6.54 Å². The SMILES string of the molecule is C=CCO[C@H](C)CCN(C)C(=O)NCC(=O)O. The molecule has 0 aliphatic heterocycles. The molecule has 0 aromatic carbocycles. The van der Waals surface area contributed by atoms with Crippen LogP contribution in [0.25, 0.3) is 0 Å². The van der Waals surface area contributed by atoms with Crippen molar-refractivity contribution in [2.45, 2.75) is 19.4 Å². The molecule has 0 saturated carbocycles. The molecule has 2 amide bonds. The van der Waals surface area contributed by atoms with Gasteiger partial charge in [-0.2, -0.15) is 0 Å². The highest BCUT2D eigenvalue weighted by Gasteiger charge is 2.10. The predicted octanol–water partition coefficient (Wildman–Crippen LogP) is 0.694. The smallest absolute Gasteiger partial charge is 0.323 e. The molecule has 0 fully saturated rings. The van der Waals surface area contributed by atoms with E-state index in [1.807, 2.05) is 6.92 Å². The van der Waals surface area contributed by atoms with Crippen LogP contribution < -0.4 is 5.32 Å². The predicted molar refractivity (Wildman–Crippen MR) is 63.9 cm³/mol. The van der Waals surface area contributed by atoms with E-state index in [0.29, 0.717) is 19.6 Å². The van der Waals surface area contributed by atoms with E-state index in [1.54, 1.807) is 13.1 Å². The minimum Gasteiger partial charge on any atom is -0.480 e. The Kier molecular flexibility index (Phi) is 7.79.